The third-order valence-corrected chi connectivity index (χ3v) is 3.64. The van der Waals surface area contributed by atoms with Crippen LogP contribution in [0, 0.1) is 5.92 Å². The van der Waals surface area contributed by atoms with E-state index in [1.165, 1.54) is 31.5 Å². The second-order valence-corrected chi connectivity index (χ2v) is 4.71. The minimum absolute atomic E-state index is 0.449. The minimum Gasteiger partial charge on any atom is -0.334 e. The first kappa shape index (κ1) is 11.6. The molecule has 0 saturated heterocycles. The molecule has 3 nitrogen and oxygen atoms in total. The van der Waals surface area contributed by atoms with E-state index in [9.17, 15) is 0 Å². The van der Waals surface area contributed by atoms with E-state index in [0.717, 1.165) is 19.0 Å². The molecule has 0 amide bonds. The van der Waals surface area contributed by atoms with Gasteiger partial charge in [-0.25, -0.2) is 4.98 Å². The molecule has 0 aromatic carbocycles. The van der Waals surface area contributed by atoms with Crippen LogP contribution in [0.4, 0.5) is 0 Å². The number of hydrogen-bond acceptors (Lipinski definition) is 2. The van der Waals surface area contributed by atoms with Gasteiger partial charge in [-0.15, -0.1) is 0 Å². The first-order chi connectivity index (χ1) is 7.85. The first-order valence-electron chi connectivity index (χ1n) is 6.59. The van der Waals surface area contributed by atoms with Crippen LogP contribution >= 0.6 is 0 Å². The second-order valence-electron chi connectivity index (χ2n) is 4.71. The molecule has 0 spiro atoms. The van der Waals surface area contributed by atoms with E-state index >= 15 is 0 Å². The summed E-state index contributed by atoms with van der Waals surface area (Å²) in [6.45, 7) is 6.39. The summed E-state index contributed by atoms with van der Waals surface area (Å²) in [5, 5.41) is 3.58. The maximum atomic E-state index is 4.52. The van der Waals surface area contributed by atoms with Gasteiger partial charge in [-0.3, -0.25) is 0 Å². The highest BCUT2D eigenvalue weighted by molar-refractivity contribution is 5.00. The Balaban J connectivity index is 2.04. The molecular formula is C13H23N3. The SMILES string of the molecule is CCNC(CC1CCC1)c1nccn1CC. The molecule has 1 aromatic heterocycles. The van der Waals surface area contributed by atoms with E-state index in [1.807, 2.05) is 6.20 Å². The van der Waals surface area contributed by atoms with Crippen LogP contribution in [-0.4, -0.2) is 16.1 Å². The third kappa shape index (κ3) is 2.46. The van der Waals surface area contributed by atoms with Crippen molar-refractivity contribution in [2.45, 2.75) is 52.1 Å². The van der Waals surface area contributed by atoms with Crippen LogP contribution in [0.15, 0.2) is 12.4 Å². The molecule has 1 aromatic rings. The van der Waals surface area contributed by atoms with Crippen LogP contribution in [0.1, 0.15) is 51.4 Å². The molecule has 1 fully saturated rings. The lowest BCUT2D eigenvalue weighted by molar-refractivity contribution is 0.256. The number of aryl methyl sites for hydroxylation is 1. The van der Waals surface area contributed by atoms with Crippen molar-refractivity contribution in [1.82, 2.24) is 14.9 Å². The van der Waals surface area contributed by atoms with Crippen LogP contribution in [-0.2, 0) is 6.54 Å². The fourth-order valence-electron chi connectivity index (χ4n) is 2.49. The summed E-state index contributed by atoms with van der Waals surface area (Å²) in [5.74, 6) is 2.14. The molecule has 90 valence electrons. The molecule has 0 radical (unpaired) electrons. The van der Waals surface area contributed by atoms with Gasteiger partial charge in [0.05, 0.1) is 6.04 Å². The number of nitrogens with zero attached hydrogens (tertiary/aromatic N) is 2. The summed E-state index contributed by atoms with van der Waals surface area (Å²) in [6, 6.07) is 0.449. The van der Waals surface area contributed by atoms with Gasteiger partial charge < -0.3 is 9.88 Å². The zero-order valence-corrected chi connectivity index (χ0v) is 10.4. The van der Waals surface area contributed by atoms with Crippen LogP contribution < -0.4 is 5.32 Å². The van der Waals surface area contributed by atoms with Crippen LogP contribution in [0.2, 0.25) is 0 Å². The van der Waals surface area contributed by atoms with E-state index in [2.05, 4.69) is 34.9 Å². The highest BCUT2D eigenvalue weighted by Gasteiger charge is 2.24. The Bertz CT molecular complexity index is 315. The minimum atomic E-state index is 0.449. The highest BCUT2D eigenvalue weighted by Crippen LogP contribution is 2.34. The lowest BCUT2D eigenvalue weighted by Gasteiger charge is -2.30. The lowest BCUT2D eigenvalue weighted by Crippen LogP contribution is -2.28. The molecule has 1 aliphatic rings. The monoisotopic (exact) mass is 221 g/mol. The predicted octanol–water partition coefficient (Wildman–Crippen LogP) is 2.74. The second kappa shape index (κ2) is 5.48. The molecule has 1 atom stereocenters. The zero-order chi connectivity index (χ0) is 11.4. The number of nitrogens with one attached hydrogen (secondary N) is 1. The normalized spacial score (nSPS) is 18.4. The molecule has 1 saturated carbocycles. The standard InChI is InChI=1S/C13H23N3/c1-3-14-12(10-11-6-5-7-11)13-15-8-9-16(13)4-2/h8-9,11-12,14H,3-7,10H2,1-2H3. The van der Waals surface area contributed by atoms with E-state index in [0.29, 0.717) is 6.04 Å². The molecule has 1 unspecified atom stereocenters. The van der Waals surface area contributed by atoms with Crippen molar-refractivity contribution in [2.75, 3.05) is 6.54 Å². The molecule has 2 rings (SSSR count). The molecular weight excluding hydrogens is 198 g/mol. The van der Waals surface area contributed by atoms with Crippen molar-refractivity contribution in [3.05, 3.63) is 18.2 Å². The van der Waals surface area contributed by atoms with E-state index in [1.54, 1.807) is 0 Å². The quantitative estimate of drug-likeness (QED) is 0.800. The van der Waals surface area contributed by atoms with Crippen molar-refractivity contribution in [2.24, 2.45) is 5.92 Å². The Morgan fingerprint density at radius 1 is 1.50 bits per heavy atom. The summed E-state index contributed by atoms with van der Waals surface area (Å²) in [6.07, 6.45) is 9.50. The van der Waals surface area contributed by atoms with Gasteiger partial charge in [0.2, 0.25) is 0 Å². The van der Waals surface area contributed by atoms with Gasteiger partial charge >= 0.3 is 0 Å². The van der Waals surface area contributed by atoms with Gasteiger partial charge in [0.25, 0.3) is 0 Å². The number of hydrogen-bond donors (Lipinski definition) is 1. The van der Waals surface area contributed by atoms with Gasteiger partial charge in [0.15, 0.2) is 0 Å². The van der Waals surface area contributed by atoms with Crippen molar-refractivity contribution < 1.29 is 0 Å². The van der Waals surface area contributed by atoms with Crippen molar-refractivity contribution in [3.8, 4) is 0 Å². The Labute approximate surface area is 98.3 Å². The van der Waals surface area contributed by atoms with Crippen molar-refractivity contribution in [1.29, 1.82) is 0 Å². The maximum Gasteiger partial charge on any atom is 0.125 e. The predicted molar refractivity (Wildman–Crippen MR) is 66.3 cm³/mol. The fourth-order valence-corrected chi connectivity index (χ4v) is 2.49. The smallest absolute Gasteiger partial charge is 0.125 e. The van der Waals surface area contributed by atoms with Crippen LogP contribution in [0.5, 0.6) is 0 Å². The van der Waals surface area contributed by atoms with E-state index in [-0.39, 0.29) is 0 Å². The van der Waals surface area contributed by atoms with Crippen molar-refractivity contribution >= 4 is 0 Å². The third-order valence-electron chi connectivity index (χ3n) is 3.64. The lowest BCUT2D eigenvalue weighted by atomic mass is 9.80. The zero-order valence-electron chi connectivity index (χ0n) is 10.4. The Morgan fingerprint density at radius 3 is 2.88 bits per heavy atom. The molecule has 1 N–H and O–H groups in total. The first-order valence-corrected chi connectivity index (χ1v) is 6.59. The van der Waals surface area contributed by atoms with Crippen molar-refractivity contribution in [3.63, 3.8) is 0 Å². The molecule has 0 aliphatic heterocycles. The summed E-state index contributed by atoms with van der Waals surface area (Å²) in [5.41, 5.74) is 0. The van der Waals surface area contributed by atoms with Gasteiger partial charge in [0.1, 0.15) is 5.82 Å². The Hall–Kier alpha value is -0.830. The van der Waals surface area contributed by atoms with Crippen LogP contribution in [0.3, 0.4) is 0 Å². The number of imidazole rings is 1. The fraction of sp³-hybridized carbons (Fsp3) is 0.769. The average Bonchev–Trinajstić information content (AvgIpc) is 2.69. The largest absolute Gasteiger partial charge is 0.334 e. The summed E-state index contributed by atoms with van der Waals surface area (Å²) < 4.78 is 2.26. The Kier molecular flexibility index (Phi) is 3.99. The van der Waals surface area contributed by atoms with E-state index in [4.69, 9.17) is 0 Å². The molecule has 3 heteroatoms. The topological polar surface area (TPSA) is 29.9 Å². The highest BCUT2D eigenvalue weighted by atomic mass is 15.1. The summed E-state index contributed by atoms with van der Waals surface area (Å²) in [4.78, 5) is 4.52. The summed E-state index contributed by atoms with van der Waals surface area (Å²) in [7, 11) is 0. The van der Waals surface area contributed by atoms with Gasteiger partial charge in [-0.1, -0.05) is 26.2 Å². The number of aromatic nitrogens is 2. The molecule has 16 heavy (non-hydrogen) atoms. The van der Waals surface area contributed by atoms with E-state index < -0.39 is 0 Å². The van der Waals surface area contributed by atoms with Crippen LogP contribution in [0.25, 0.3) is 0 Å². The number of rotatable bonds is 6. The maximum absolute atomic E-state index is 4.52. The molecule has 1 heterocycles. The van der Waals surface area contributed by atoms with Gasteiger partial charge in [-0.2, -0.15) is 0 Å². The summed E-state index contributed by atoms with van der Waals surface area (Å²) >= 11 is 0. The Morgan fingerprint density at radius 2 is 2.31 bits per heavy atom. The van der Waals surface area contributed by atoms with Gasteiger partial charge in [0, 0.05) is 18.9 Å². The molecule has 0 bridgehead atoms. The average molecular weight is 221 g/mol. The molecule has 1 aliphatic carbocycles. The van der Waals surface area contributed by atoms with Gasteiger partial charge in [-0.05, 0) is 25.8 Å².